The summed E-state index contributed by atoms with van der Waals surface area (Å²) in [6.45, 7) is 3.25. The molecule has 136 valence electrons. The van der Waals surface area contributed by atoms with Crippen molar-refractivity contribution in [1.82, 2.24) is 10.3 Å². The van der Waals surface area contributed by atoms with Crippen LogP contribution in [-0.4, -0.2) is 48.4 Å². The van der Waals surface area contributed by atoms with E-state index in [1.807, 2.05) is 6.21 Å². The maximum atomic E-state index is 11.3. The standard InChI is InChI=1S/C18H33N5O/c1-17-9-7-14(6-4-5-11-23(2)3)12-18(17,24)10-8-15(17)13-21-22-16(19)20/h4,6,13-15,24H,5,7-12H2,1-3H3,(H4,19,20,22)/b6-4+,21-13+/t14-,15+,17+,18-/m0/s1. The number of nitrogens with one attached hydrogen (secondary N) is 2. The quantitative estimate of drug-likeness (QED) is 0.258. The van der Waals surface area contributed by atoms with Crippen LogP contribution in [0.2, 0.25) is 0 Å². The van der Waals surface area contributed by atoms with Gasteiger partial charge >= 0.3 is 0 Å². The van der Waals surface area contributed by atoms with Crippen LogP contribution in [0.5, 0.6) is 0 Å². The van der Waals surface area contributed by atoms with Crippen molar-refractivity contribution in [3.8, 4) is 0 Å². The normalized spacial score (nSPS) is 36.5. The van der Waals surface area contributed by atoms with Crippen LogP contribution in [0.15, 0.2) is 17.3 Å². The molecule has 0 saturated heterocycles. The lowest BCUT2D eigenvalue weighted by Gasteiger charge is -2.48. The van der Waals surface area contributed by atoms with Crippen LogP contribution in [0, 0.1) is 22.7 Å². The second kappa shape index (κ2) is 7.66. The summed E-state index contributed by atoms with van der Waals surface area (Å²) in [6.07, 6.45) is 12.2. The molecule has 0 aromatic rings. The lowest BCUT2D eigenvalue weighted by Crippen LogP contribution is -2.49. The molecule has 5 N–H and O–H groups in total. The number of hydrazone groups is 1. The van der Waals surface area contributed by atoms with Gasteiger partial charge in [-0.3, -0.25) is 5.41 Å². The lowest BCUT2D eigenvalue weighted by molar-refractivity contribution is -0.0998. The molecule has 2 aliphatic rings. The van der Waals surface area contributed by atoms with Crippen molar-refractivity contribution in [3.05, 3.63) is 12.2 Å². The fourth-order valence-corrected chi connectivity index (χ4v) is 4.34. The molecule has 0 aliphatic heterocycles. The highest BCUT2D eigenvalue weighted by Crippen LogP contribution is 2.58. The van der Waals surface area contributed by atoms with E-state index in [1.54, 1.807) is 0 Å². The number of guanidine groups is 1. The summed E-state index contributed by atoms with van der Waals surface area (Å²) in [4.78, 5) is 2.19. The Morgan fingerprint density at radius 3 is 2.83 bits per heavy atom. The van der Waals surface area contributed by atoms with E-state index >= 15 is 0 Å². The first-order valence-electron chi connectivity index (χ1n) is 8.94. The zero-order valence-corrected chi connectivity index (χ0v) is 15.3. The van der Waals surface area contributed by atoms with Crippen molar-refractivity contribution in [2.75, 3.05) is 20.6 Å². The molecular weight excluding hydrogens is 302 g/mol. The number of nitrogens with zero attached hydrogens (tertiary/aromatic N) is 2. The molecule has 2 fully saturated rings. The minimum absolute atomic E-state index is 0.136. The van der Waals surface area contributed by atoms with Gasteiger partial charge in [0.2, 0.25) is 5.96 Å². The average molecular weight is 335 g/mol. The van der Waals surface area contributed by atoms with Gasteiger partial charge in [0.15, 0.2) is 0 Å². The highest BCUT2D eigenvalue weighted by Gasteiger charge is 2.58. The van der Waals surface area contributed by atoms with Gasteiger partial charge in [0.05, 0.1) is 5.60 Å². The molecule has 0 unspecified atom stereocenters. The zero-order valence-electron chi connectivity index (χ0n) is 15.3. The fourth-order valence-electron chi connectivity index (χ4n) is 4.34. The van der Waals surface area contributed by atoms with Gasteiger partial charge in [0.1, 0.15) is 0 Å². The Morgan fingerprint density at radius 2 is 2.17 bits per heavy atom. The molecule has 0 radical (unpaired) electrons. The molecule has 0 amide bonds. The molecule has 6 heteroatoms. The maximum absolute atomic E-state index is 11.3. The van der Waals surface area contributed by atoms with Crippen molar-refractivity contribution < 1.29 is 5.11 Å². The van der Waals surface area contributed by atoms with E-state index in [1.165, 1.54) is 0 Å². The smallest absolute Gasteiger partial charge is 0.206 e. The van der Waals surface area contributed by atoms with Gasteiger partial charge in [-0.1, -0.05) is 19.1 Å². The van der Waals surface area contributed by atoms with Gasteiger partial charge in [-0.2, -0.15) is 5.10 Å². The van der Waals surface area contributed by atoms with Crippen LogP contribution >= 0.6 is 0 Å². The van der Waals surface area contributed by atoms with Gasteiger partial charge in [0, 0.05) is 24.1 Å². The Kier molecular flexibility index (Phi) is 6.04. The summed E-state index contributed by atoms with van der Waals surface area (Å²) in [5, 5.41) is 22.5. The molecule has 2 rings (SSSR count). The highest BCUT2D eigenvalue weighted by atomic mass is 16.3. The van der Waals surface area contributed by atoms with Gasteiger partial charge in [0.25, 0.3) is 0 Å². The maximum Gasteiger partial charge on any atom is 0.206 e. The highest BCUT2D eigenvalue weighted by molar-refractivity contribution is 5.75. The number of aliphatic hydroxyl groups is 1. The largest absolute Gasteiger partial charge is 0.389 e. The molecule has 0 spiro atoms. The molecule has 0 aromatic heterocycles. The topological polar surface area (TPSA) is 97.7 Å². The minimum atomic E-state index is -0.616. The summed E-state index contributed by atoms with van der Waals surface area (Å²) in [6, 6.07) is 0. The third-order valence-corrected chi connectivity index (χ3v) is 5.98. The fraction of sp³-hybridized carbons (Fsp3) is 0.778. The van der Waals surface area contributed by atoms with Crippen LogP contribution in [-0.2, 0) is 0 Å². The number of rotatable bonds is 6. The monoisotopic (exact) mass is 335 g/mol. The number of fused-ring (bicyclic) bond motifs is 1. The number of hydrogen-bond donors (Lipinski definition) is 4. The SMILES string of the molecule is CN(C)CC/C=C/[C@H]1CC[C@]2(C)[C@@H](/C=N/NC(=N)N)CC[C@]2(O)C1. The van der Waals surface area contributed by atoms with Crippen molar-refractivity contribution in [2.24, 2.45) is 28.1 Å². The van der Waals surface area contributed by atoms with E-state index in [9.17, 15) is 5.11 Å². The van der Waals surface area contributed by atoms with Crippen LogP contribution in [0.25, 0.3) is 0 Å². The van der Waals surface area contributed by atoms with Crippen LogP contribution in [0.1, 0.15) is 45.4 Å². The number of allylic oxidation sites excluding steroid dienone is 1. The second-order valence-corrected chi connectivity index (χ2v) is 7.92. The van der Waals surface area contributed by atoms with E-state index in [0.717, 1.165) is 45.1 Å². The van der Waals surface area contributed by atoms with Gasteiger partial charge in [-0.25, -0.2) is 5.43 Å². The summed E-state index contributed by atoms with van der Waals surface area (Å²) in [7, 11) is 4.17. The summed E-state index contributed by atoms with van der Waals surface area (Å²) < 4.78 is 0. The van der Waals surface area contributed by atoms with Gasteiger partial charge < -0.3 is 15.7 Å². The molecule has 0 bridgehead atoms. The molecular formula is C18H33N5O. The zero-order chi connectivity index (χ0) is 17.8. The molecule has 0 aromatic carbocycles. The van der Waals surface area contributed by atoms with Gasteiger partial charge in [-0.05, 0) is 58.5 Å². The summed E-state index contributed by atoms with van der Waals surface area (Å²) >= 11 is 0. The Balaban J connectivity index is 1.96. The Morgan fingerprint density at radius 1 is 1.42 bits per heavy atom. The molecule has 6 nitrogen and oxygen atoms in total. The molecule has 2 saturated carbocycles. The summed E-state index contributed by atoms with van der Waals surface area (Å²) in [5.41, 5.74) is 6.99. The first-order chi connectivity index (χ1) is 11.3. The van der Waals surface area contributed by atoms with Crippen molar-refractivity contribution in [1.29, 1.82) is 5.41 Å². The van der Waals surface area contributed by atoms with E-state index < -0.39 is 5.60 Å². The average Bonchev–Trinajstić information content (AvgIpc) is 2.75. The third kappa shape index (κ3) is 4.16. The van der Waals surface area contributed by atoms with Gasteiger partial charge in [-0.15, -0.1) is 0 Å². The second-order valence-electron chi connectivity index (χ2n) is 7.92. The van der Waals surface area contributed by atoms with Crippen molar-refractivity contribution >= 4 is 12.2 Å². The predicted octanol–water partition coefficient (Wildman–Crippen LogP) is 1.91. The molecule has 24 heavy (non-hydrogen) atoms. The van der Waals surface area contributed by atoms with Crippen molar-refractivity contribution in [3.63, 3.8) is 0 Å². The van der Waals surface area contributed by atoms with E-state index in [-0.39, 0.29) is 17.3 Å². The third-order valence-electron chi connectivity index (χ3n) is 5.98. The molecule has 2 aliphatic carbocycles. The molecule has 0 heterocycles. The molecule has 4 atom stereocenters. The summed E-state index contributed by atoms with van der Waals surface area (Å²) in [5.74, 6) is 0.542. The Hall–Kier alpha value is -1.40. The minimum Gasteiger partial charge on any atom is -0.389 e. The van der Waals surface area contributed by atoms with E-state index in [2.05, 4.69) is 48.6 Å². The Bertz CT molecular complexity index is 504. The van der Waals surface area contributed by atoms with Crippen LogP contribution in [0.3, 0.4) is 0 Å². The lowest BCUT2D eigenvalue weighted by atomic mass is 9.60. The van der Waals surface area contributed by atoms with Crippen LogP contribution in [0.4, 0.5) is 0 Å². The first-order valence-corrected chi connectivity index (χ1v) is 8.94. The number of nitrogens with two attached hydrogens (primary N) is 1. The van der Waals surface area contributed by atoms with E-state index in [0.29, 0.717) is 5.92 Å². The van der Waals surface area contributed by atoms with Crippen LogP contribution < -0.4 is 11.2 Å². The number of hydrogen-bond acceptors (Lipinski definition) is 4. The Labute approximate surface area is 145 Å². The van der Waals surface area contributed by atoms with Crippen molar-refractivity contribution in [2.45, 2.75) is 51.0 Å². The van der Waals surface area contributed by atoms with E-state index in [4.69, 9.17) is 11.1 Å². The first kappa shape index (κ1) is 18.9. The predicted molar refractivity (Wildman–Crippen MR) is 99.0 cm³/mol.